The van der Waals surface area contributed by atoms with Gasteiger partial charge >= 0.3 is 5.97 Å². The van der Waals surface area contributed by atoms with Crippen LogP contribution in [0.5, 0.6) is 11.5 Å². The lowest BCUT2D eigenvalue weighted by atomic mass is 9.84. The van der Waals surface area contributed by atoms with Crippen molar-refractivity contribution in [1.82, 2.24) is 4.31 Å². The fraction of sp³-hybridized carbons (Fsp3) is 0.286. The standard InChI is InChI=1S/C35H35NO7S/c1-24-14-17-29(18-15-24)44(38,39)36-30(26-10-6-4-7-11-26)23-42-35(36,28-12-8-5-9-13-28)34-27(22-33(37)43-34)20-25-16-19-31(40-2)32(21-25)41-3/h4-19,21,27,30,34H,20,22-23H2,1-3H3/t27-,30+,34-,35+/m1/s1. The predicted octanol–water partition coefficient (Wildman–Crippen LogP) is 5.80. The number of hydrogen-bond donors (Lipinski definition) is 0. The third-order valence-corrected chi connectivity index (χ3v) is 10.4. The number of aryl methyl sites for hydroxylation is 1. The maximum Gasteiger partial charge on any atom is 0.306 e. The number of carbonyl (C=O) groups excluding carboxylic acids is 1. The predicted molar refractivity (Wildman–Crippen MR) is 165 cm³/mol. The van der Waals surface area contributed by atoms with Crippen LogP contribution in [0, 0.1) is 12.8 Å². The van der Waals surface area contributed by atoms with Crippen LogP contribution in [0.25, 0.3) is 0 Å². The van der Waals surface area contributed by atoms with Crippen molar-refractivity contribution < 1.29 is 32.2 Å². The lowest BCUT2D eigenvalue weighted by Gasteiger charge is -2.43. The molecule has 2 aliphatic heterocycles. The van der Waals surface area contributed by atoms with Gasteiger partial charge in [0.2, 0.25) is 10.0 Å². The van der Waals surface area contributed by atoms with Gasteiger partial charge in [-0.1, -0.05) is 84.4 Å². The molecule has 0 radical (unpaired) electrons. The third-order valence-electron chi connectivity index (χ3n) is 8.47. The second-order valence-electron chi connectivity index (χ2n) is 11.2. The number of cyclic esters (lactones) is 1. The lowest BCUT2D eigenvalue weighted by molar-refractivity contribution is -0.176. The van der Waals surface area contributed by atoms with E-state index in [1.54, 1.807) is 38.5 Å². The molecular weight excluding hydrogens is 578 g/mol. The van der Waals surface area contributed by atoms with E-state index < -0.39 is 39.8 Å². The van der Waals surface area contributed by atoms with E-state index in [9.17, 15) is 13.2 Å². The fourth-order valence-electron chi connectivity index (χ4n) is 6.40. The summed E-state index contributed by atoms with van der Waals surface area (Å²) >= 11 is 0. The molecule has 44 heavy (non-hydrogen) atoms. The molecule has 6 rings (SSSR count). The maximum atomic E-state index is 14.9. The summed E-state index contributed by atoms with van der Waals surface area (Å²) in [5.41, 5.74) is 1.56. The van der Waals surface area contributed by atoms with Crippen molar-refractivity contribution in [2.24, 2.45) is 5.92 Å². The first kappa shape index (κ1) is 29.9. The average molecular weight is 614 g/mol. The molecule has 0 aromatic heterocycles. The summed E-state index contributed by atoms with van der Waals surface area (Å²) in [4.78, 5) is 13.3. The third kappa shape index (κ3) is 5.25. The number of methoxy groups -OCH3 is 2. The first-order valence-corrected chi connectivity index (χ1v) is 16.0. The number of hydrogen-bond acceptors (Lipinski definition) is 7. The molecule has 4 aromatic rings. The van der Waals surface area contributed by atoms with Crippen LogP contribution in [0.3, 0.4) is 0 Å². The molecule has 0 saturated carbocycles. The highest BCUT2D eigenvalue weighted by Gasteiger charge is 2.64. The van der Waals surface area contributed by atoms with Gasteiger partial charge in [0.15, 0.2) is 23.3 Å². The molecule has 2 aliphatic rings. The molecule has 0 amide bonds. The highest BCUT2D eigenvalue weighted by molar-refractivity contribution is 7.89. The van der Waals surface area contributed by atoms with Gasteiger partial charge in [0, 0.05) is 11.5 Å². The van der Waals surface area contributed by atoms with Crippen LogP contribution in [0.15, 0.2) is 108 Å². The van der Waals surface area contributed by atoms with Crippen molar-refractivity contribution >= 4 is 16.0 Å². The quantitative estimate of drug-likeness (QED) is 0.220. The Kier molecular flexibility index (Phi) is 8.20. The van der Waals surface area contributed by atoms with Gasteiger partial charge in [0.25, 0.3) is 0 Å². The molecule has 0 bridgehead atoms. The van der Waals surface area contributed by atoms with Crippen LogP contribution in [0.1, 0.15) is 34.7 Å². The molecule has 4 atom stereocenters. The zero-order chi connectivity index (χ0) is 30.9. The van der Waals surface area contributed by atoms with Crippen molar-refractivity contribution in [2.45, 2.75) is 42.5 Å². The van der Waals surface area contributed by atoms with Gasteiger partial charge in [-0.25, -0.2) is 8.42 Å². The number of sulfonamides is 1. The zero-order valence-electron chi connectivity index (χ0n) is 24.9. The summed E-state index contributed by atoms with van der Waals surface area (Å²) in [7, 11) is -1.05. The SMILES string of the molecule is COc1ccc(C[C@@H]2CC(=O)O[C@H]2[C@]2(c3ccccc3)OC[C@@H](c3ccccc3)N2S(=O)(=O)c2ccc(C)cc2)cc1OC. The van der Waals surface area contributed by atoms with Crippen molar-refractivity contribution in [3.8, 4) is 11.5 Å². The second-order valence-corrected chi connectivity index (χ2v) is 13.0. The summed E-state index contributed by atoms with van der Waals surface area (Å²) in [5, 5.41) is 0. The van der Waals surface area contributed by atoms with Crippen molar-refractivity contribution in [3.05, 3.63) is 125 Å². The normalized spacial score (nSPS) is 23.8. The molecule has 2 saturated heterocycles. The molecule has 0 unspecified atom stereocenters. The summed E-state index contributed by atoms with van der Waals surface area (Å²) < 4.78 is 55.0. The molecule has 0 spiro atoms. The van der Waals surface area contributed by atoms with Gasteiger partial charge in [-0.15, -0.1) is 4.31 Å². The smallest absolute Gasteiger partial charge is 0.306 e. The topological polar surface area (TPSA) is 91.4 Å². The van der Waals surface area contributed by atoms with Gasteiger partial charge in [-0.3, -0.25) is 4.79 Å². The molecule has 8 nitrogen and oxygen atoms in total. The van der Waals surface area contributed by atoms with E-state index >= 15 is 0 Å². The molecule has 228 valence electrons. The highest BCUT2D eigenvalue weighted by Crippen LogP contribution is 2.53. The summed E-state index contributed by atoms with van der Waals surface area (Å²) in [6, 6.07) is 30.4. The fourth-order valence-corrected chi connectivity index (χ4v) is 8.24. The van der Waals surface area contributed by atoms with Crippen LogP contribution in [-0.4, -0.2) is 45.6 Å². The number of ether oxygens (including phenoxy) is 4. The summed E-state index contributed by atoms with van der Waals surface area (Å²) in [6.45, 7) is 1.98. The lowest BCUT2D eigenvalue weighted by Crippen LogP contribution is -2.56. The Morgan fingerprint density at radius 2 is 1.52 bits per heavy atom. The van der Waals surface area contributed by atoms with Crippen LogP contribution < -0.4 is 9.47 Å². The largest absolute Gasteiger partial charge is 0.493 e. The molecule has 9 heteroatoms. The molecule has 4 aromatic carbocycles. The molecular formula is C35H35NO7S. The highest BCUT2D eigenvalue weighted by atomic mass is 32.2. The number of nitrogens with zero attached hydrogens (tertiary/aromatic N) is 1. The van der Waals surface area contributed by atoms with E-state index in [-0.39, 0.29) is 17.9 Å². The minimum absolute atomic E-state index is 0.0706. The summed E-state index contributed by atoms with van der Waals surface area (Å²) in [5.74, 6) is 0.336. The zero-order valence-corrected chi connectivity index (χ0v) is 25.7. The Morgan fingerprint density at radius 3 is 2.18 bits per heavy atom. The first-order valence-electron chi connectivity index (χ1n) is 14.5. The summed E-state index contributed by atoms with van der Waals surface area (Å²) in [6.07, 6.45) is -0.423. The first-order chi connectivity index (χ1) is 21.3. The molecule has 2 heterocycles. The van der Waals surface area contributed by atoms with Gasteiger partial charge in [0.05, 0.1) is 38.2 Å². The minimum atomic E-state index is -4.20. The van der Waals surface area contributed by atoms with Gasteiger partial charge in [-0.2, -0.15) is 0 Å². The van der Waals surface area contributed by atoms with Gasteiger partial charge < -0.3 is 18.9 Å². The minimum Gasteiger partial charge on any atom is -0.493 e. The van der Waals surface area contributed by atoms with Crippen molar-refractivity contribution in [2.75, 3.05) is 20.8 Å². The second kappa shape index (κ2) is 12.1. The Bertz CT molecular complexity index is 1730. The molecule has 0 aliphatic carbocycles. The monoisotopic (exact) mass is 613 g/mol. The van der Waals surface area contributed by atoms with Gasteiger partial charge in [-0.05, 0) is 48.7 Å². The van der Waals surface area contributed by atoms with E-state index in [1.807, 2.05) is 85.8 Å². The Labute approximate surface area is 258 Å². The number of rotatable bonds is 9. The van der Waals surface area contributed by atoms with E-state index in [0.717, 1.165) is 16.7 Å². The van der Waals surface area contributed by atoms with Gasteiger partial charge in [0.1, 0.15) is 0 Å². The number of benzene rings is 4. The number of esters is 1. The van der Waals surface area contributed by atoms with Crippen LogP contribution in [0.4, 0.5) is 0 Å². The Hall–Kier alpha value is -4.18. The Balaban J connectivity index is 1.53. The van der Waals surface area contributed by atoms with E-state index in [0.29, 0.717) is 23.5 Å². The van der Waals surface area contributed by atoms with Crippen LogP contribution in [0.2, 0.25) is 0 Å². The maximum absolute atomic E-state index is 14.9. The van der Waals surface area contributed by atoms with E-state index in [4.69, 9.17) is 18.9 Å². The van der Waals surface area contributed by atoms with Crippen molar-refractivity contribution in [3.63, 3.8) is 0 Å². The van der Waals surface area contributed by atoms with Crippen LogP contribution in [-0.2, 0) is 36.4 Å². The van der Waals surface area contributed by atoms with E-state index in [2.05, 4.69) is 0 Å². The average Bonchev–Trinajstić information content (AvgIpc) is 3.64. The number of carbonyl (C=O) groups is 1. The Morgan fingerprint density at radius 1 is 0.864 bits per heavy atom. The molecule has 0 N–H and O–H groups in total. The van der Waals surface area contributed by atoms with Crippen molar-refractivity contribution in [1.29, 1.82) is 0 Å². The molecule has 2 fully saturated rings. The van der Waals surface area contributed by atoms with Crippen LogP contribution >= 0.6 is 0 Å². The van der Waals surface area contributed by atoms with E-state index in [1.165, 1.54) is 4.31 Å².